The van der Waals surface area contributed by atoms with Gasteiger partial charge < -0.3 is 5.32 Å². The first-order valence-corrected chi connectivity index (χ1v) is 6.06. The Hall–Kier alpha value is -1.73. The zero-order valence-electron chi connectivity index (χ0n) is 9.74. The summed E-state index contributed by atoms with van der Waals surface area (Å²) in [4.78, 5) is 21.5. The number of hydrogen-bond acceptors (Lipinski definition) is 3. The van der Waals surface area contributed by atoms with Crippen molar-refractivity contribution in [1.82, 2.24) is 0 Å². The lowest BCUT2D eigenvalue weighted by Crippen LogP contribution is -2.05. The number of thioether (sulfide) groups is 1. The van der Waals surface area contributed by atoms with E-state index < -0.39 is 0 Å². The summed E-state index contributed by atoms with van der Waals surface area (Å²) in [6.45, 7) is 2.98. The molecule has 1 aromatic rings. The summed E-state index contributed by atoms with van der Waals surface area (Å²) in [6.07, 6.45) is 0. The van der Waals surface area contributed by atoms with Crippen molar-refractivity contribution in [1.29, 1.82) is 0 Å². The predicted octanol–water partition coefficient (Wildman–Crippen LogP) is 2.28. The van der Waals surface area contributed by atoms with Crippen LogP contribution in [0.4, 0.5) is 5.69 Å². The van der Waals surface area contributed by atoms with Gasteiger partial charge in [-0.1, -0.05) is 29.7 Å². The average molecular weight is 247 g/mol. The largest absolute Gasteiger partial charge is 0.326 e. The molecule has 17 heavy (non-hydrogen) atoms. The van der Waals surface area contributed by atoms with Gasteiger partial charge in [-0.2, -0.15) is 0 Å². The quantitative estimate of drug-likeness (QED) is 0.815. The van der Waals surface area contributed by atoms with Crippen LogP contribution in [0.15, 0.2) is 24.3 Å². The third-order valence-electron chi connectivity index (χ3n) is 1.76. The van der Waals surface area contributed by atoms with Gasteiger partial charge in [0.2, 0.25) is 5.91 Å². The number of anilines is 1. The van der Waals surface area contributed by atoms with Crippen molar-refractivity contribution in [3.63, 3.8) is 0 Å². The van der Waals surface area contributed by atoms with Crippen LogP contribution in [0.1, 0.15) is 19.4 Å². The average Bonchev–Trinajstić information content (AvgIpc) is 2.24. The van der Waals surface area contributed by atoms with Crippen molar-refractivity contribution < 1.29 is 9.59 Å². The number of rotatable bonds is 2. The molecule has 0 heterocycles. The van der Waals surface area contributed by atoms with Gasteiger partial charge in [-0.25, -0.2) is 0 Å². The third-order valence-corrected chi connectivity index (χ3v) is 2.46. The SMILES string of the molecule is CC(=O)Nc1cccc(C#CCSC(C)=O)c1. The fraction of sp³-hybridized carbons (Fsp3) is 0.231. The molecule has 0 aromatic heterocycles. The van der Waals surface area contributed by atoms with E-state index in [0.29, 0.717) is 5.75 Å². The van der Waals surface area contributed by atoms with Gasteiger partial charge in [0.05, 0.1) is 5.75 Å². The van der Waals surface area contributed by atoms with Crippen LogP contribution in [-0.2, 0) is 9.59 Å². The van der Waals surface area contributed by atoms with E-state index in [4.69, 9.17) is 0 Å². The summed E-state index contributed by atoms with van der Waals surface area (Å²) < 4.78 is 0. The molecule has 0 spiro atoms. The first-order valence-electron chi connectivity index (χ1n) is 5.08. The maximum Gasteiger partial charge on any atom is 0.221 e. The molecule has 0 atom stereocenters. The minimum Gasteiger partial charge on any atom is -0.326 e. The van der Waals surface area contributed by atoms with Crippen molar-refractivity contribution >= 4 is 28.5 Å². The van der Waals surface area contributed by atoms with Gasteiger partial charge in [0.25, 0.3) is 0 Å². The number of benzene rings is 1. The van der Waals surface area contributed by atoms with Crippen LogP contribution in [0.25, 0.3) is 0 Å². The van der Waals surface area contributed by atoms with E-state index in [1.54, 1.807) is 12.1 Å². The molecule has 0 aliphatic carbocycles. The molecule has 0 saturated heterocycles. The van der Waals surface area contributed by atoms with Crippen LogP contribution < -0.4 is 5.32 Å². The molecule has 4 heteroatoms. The van der Waals surface area contributed by atoms with E-state index >= 15 is 0 Å². The number of hydrogen-bond donors (Lipinski definition) is 1. The fourth-order valence-corrected chi connectivity index (χ4v) is 1.50. The lowest BCUT2D eigenvalue weighted by atomic mass is 10.2. The van der Waals surface area contributed by atoms with Crippen molar-refractivity contribution in [2.24, 2.45) is 0 Å². The molecule has 0 fully saturated rings. The summed E-state index contributed by atoms with van der Waals surface area (Å²) in [5, 5.41) is 2.75. The molecule has 3 nitrogen and oxygen atoms in total. The van der Waals surface area contributed by atoms with Gasteiger partial charge in [-0.3, -0.25) is 9.59 Å². The maximum atomic E-state index is 10.9. The van der Waals surface area contributed by atoms with Gasteiger partial charge >= 0.3 is 0 Å². The molecule has 0 radical (unpaired) electrons. The Morgan fingerprint density at radius 3 is 2.76 bits per heavy atom. The molecule has 0 unspecified atom stereocenters. The first kappa shape index (κ1) is 13.3. The molecule has 1 rings (SSSR count). The monoisotopic (exact) mass is 247 g/mol. The highest BCUT2D eigenvalue weighted by Gasteiger charge is 1.95. The summed E-state index contributed by atoms with van der Waals surface area (Å²) in [5.74, 6) is 6.21. The standard InChI is InChI=1S/C13H13NO2S/c1-10(15)14-13-7-3-5-12(9-13)6-4-8-17-11(2)16/h3,5,7,9H,8H2,1-2H3,(H,14,15). The number of carbonyl (C=O) groups excluding carboxylic acids is 2. The molecular weight excluding hydrogens is 234 g/mol. The van der Waals surface area contributed by atoms with E-state index in [-0.39, 0.29) is 11.0 Å². The zero-order chi connectivity index (χ0) is 12.7. The van der Waals surface area contributed by atoms with Crippen molar-refractivity contribution in [2.45, 2.75) is 13.8 Å². The minimum absolute atomic E-state index is 0.0614. The van der Waals surface area contributed by atoms with Crippen LogP contribution in [0, 0.1) is 11.8 Å². The van der Waals surface area contributed by atoms with Gasteiger partial charge in [0.1, 0.15) is 0 Å². The zero-order valence-corrected chi connectivity index (χ0v) is 10.6. The highest BCUT2D eigenvalue weighted by atomic mass is 32.2. The molecule has 0 aliphatic rings. The van der Waals surface area contributed by atoms with Crippen molar-refractivity contribution in [3.8, 4) is 11.8 Å². The second-order valence-corrected chi connectivity index (χ2v) is 4.50. The Bertz CT molecular complexity index is 486. The Balaban J connectivity index is 2.65. The van der Waals surface area contributed by atoms with Crippen LogP contribution >= 0.6 is 11.8 Å². The molecule has 88 valence electrons. The highest BCUT2D eigenvalue weighted by Crippen LogP contribution is 2.09. The van der Waals surface area contributed by atoms with Crippen LogP contribution in [0.5, 0.6) is 0 Å². The fourth-order valence-electron chi connectivity index (χ4n) is 1.15. The Morgan fingerprint density at radius 2 is 2.12 bits per heavy atom. The number of carbonyl (C=O) groups is 2. The molecule has 1 N–H and O–H groups in total. The van der Waals surface area contributed by atoms with Crippen molar-refractivity contribution in [2.75, 3.05) is 11.1 Å². The molecule has 0 bridgehead atoms. The van der Waals surface area contributed by atoms with E-state index in [1.807, 2.05) is 12.1 Å². The smallest absolute Gasteiger partial charge is 0.221 e. The van der Waals surface area contributed by atoms with E-state index in [0.717, 1.165) is 11.3 Å². The number of nitrogens with one attached hydrogen (secondary N) is 1. The second-order valence-electron chi connectivity index (χ2n) is 3.34. The lowest BCUT2D eigenvalue weighted by Gasteiger charge is -2.01. The highest BCUT2D eigenvalue weighted by molar-refractivity contribution is 8.13. The van der Waals surface area contributed by atoms with Crippen LogP contribution in [-0.4, -0.2) is 16.8 Å². The summed E-state index contributed by atoms with van der Waals surface area (Å²) in [5.41, 5.74) is 1.55. The molecule has 1 amide bonds. The summed E-state index contributed by atoms with van der Waals surface area (Å²) >= 11 is 1.18. The Kier molecular flexibility index (Phi) is 5.31. The Labute approximate surface area is 105 Å². The molecule has 0 aliphatic heterocycles. The first-order chi connectivity index (χ1) is 8.08. The van der Waals surface area contributed by atoms with Gasteiger partial charge in [0.15, 0.2) is 5.12 Å². The lowest BCUT2D eigenvalue weighted by molar-refractivity contribution is -0.114. The summed E-state index contributed by atoms with van der Waals surface area (Å²) in [6, 6.07) is 7.29. The van der Waals surface area contributed by atoms with E-state index in [9.17, 15) is 9.59 Å². The van der Waals surface area contributed by atoms with Gasteiger partial charge in [-0.05, 0) is 18.2 Å². The molecule has 0 saturated carbocycles. The third kappa shape index (κ3) is 5.79. The Morgan fingerprint density at radius 1 is 1.35 bits per heavy atom. The van der Waals surface area contributed by atoms with Gasteiger partial charge in [-0.15, -0.1) is 0 Å². The van der Waals surface area contributed by atoms with Crippen molar-refractivity contribution in [3.05, 3.63) is 29.8 Å². The van der Waals surface area contributed by atoms with E-state index in [2.05, 4.69) is 17.2 Å². The second kappa shape index (κ2) is 6.77. The maximum absolute atomic E-state index is 10.9. The predicted molar refractivity (Wildman–Crippen MR) is 70.8 cm³/mol. The normalized spacial score (nSPS) is 9.06. The van der Waals surface area contributed by atoms with Crippen LogP contribution in [0.2, 0.25) is 0 Å². The topological polar surface area (TPSA) is 46.2 Å². The van der Waals surface area contributed by atoms with E-state index in [1.165, 1.54) is 25.6 Å². The van der Waals surface area contributed by atoms with Crippen LogP contribution in [0.3, 0.4) is 0 Å². The molecular formula is C13H13NO2S. The summed E-state index contributed by atoms with van der Waals surface area (Å²) in [7, 11) is 0. The number of amides is 1. The molecule has 1 aromatic carbocycles. The van der Waals surface area contributed by atoms with Gasteiger partial charge in [0, 0.05) is 25.1 Å². The minimum atomic E-state index is -0.109.